The van der Waals surface area contributed by atoms with Gasteiger partial charge in [0, 0.05) is 13.0 Å². The Balaban J connectivity index is 1.77. The van der Waals surface area contributed by atoms with Gasteiger partial charge in [0.2, 0.25) is 0 Å². The van der Waals surface area contributed by atoms with E-state index in [0.29, 0.717) is 10.2 Å². The zero-order valence-electron chi connectivity index (χ0n) is 11.3. The molecule has 110 valence electrons. The van der Waals surface area contributed by atoms with Crippen LogP contribution in [0.4, 0.5) is 0 Å². The van der Waals surface area contributed by atoms with E-state index in [0.717, 1.165) is 37.5 Å². The second-order valence-electron chi connectivity index (χ2n) is 4.88. The van der Waals surface area contributed by atoms with Gasteiger partial charge >= 0.3 is 5.97 Å². The van der Waals surface area contributed by atoms with Gasteiger partial charge < -0.3 is 14.4 Å². The van der Waals surface area contributed by atoms with E-state index in [2.05, 4.69) is 30.7 Å². The molecule has 0 saturated heterocycles. The van der Waals surface area contributed by atoms with Crippen LogP contribution in [0.3, 0.4) is 0 Å². The maximum Gasteiger partial charge on any atom is 0.335 e. The van der Waals surface area contributed by atoms with Crippen LogP contribution in [0.5, 0.6) is 5.75 Å². The maximum atomic E-state index is 11.0. The minimum Gasteiger partial charge on any atom is -0.484 e. The number of fused-ring (bicyclic) bond motifs is 1. The van der Waals surface area contributed by atoms with Gasteiger partial charge in [0.05, 0.1) is 10.0 Å². The summed E-state index contributed by atoms with van der Waals surface area (Å²) in [5.41, 5.74) is 0.191. The van der Waals surface area contributed by atoms with Crippen LogP contribution in [0.1, 0.15) is 34.8 Å². The van der Waals surface area contributed by atoms with E-state index in [1.54, 1.807) is 6.07 Å². The summed E-state index contributed by atoms with van der Waals surface area (Å²) in [5, 5.41) is 17.3. The number of ether oxygens (including phenoxy) is 1. The summed E-state index contributed by atoms with van der Waals surface area (Å²) in [6, 6.07) is 4.69. The Morgan fingerprint density at radius 3 is 3.05 bits per heavy atom. The van der Waals surface area contributed by atoms with E-state index in [1.165, 1.54) is 12.1 Å². The highest BCUT2D eigenvalue weighted by atomic mass is 79.9. The van der Waals surface area contributed by atoms with Crippen molar-refractivity contribution in [3.8, 4) is 5.75 Å². The fraction of sp³-hybridized carbons (Fsp3) is 0.357. The van der Waals surface area contributed by atoms with Crippen LogP contribution in [-0.2, 0) is 19.6 Å². The third-order valence-corrected chi connectivity index (χ3v) is 4.13. The smallest absolute Gasteiger partial charge is 0.335 e. The largest absolute Gasteiger partial charge is 0.484 e. The van der Waals surface area contributed by atoms with Gasteiger partial charge in [-0.1, -0.05) is 0 Å². The van der Waals surface area contributed by atoms with Gasteiger partial charge in [0.15, 0.2) is 5.82 Å². The predicted molar refractivity (Wildman–Crippen MR) is 78.4 cm³/mol. The summed E-state index contributed by atoms with van der Waals surface area (Å²) in [4.78, 5) is 11.0. The SMILES string of the molecule is O=C(O)c1ccc(Br)c(OCc2nnc3n2CCCC3)c1. The number of aryl methyl sites for hydroxylation is 1. The van der Waals surface area contributed by atoms with Crippen molar-refractivity contribution < 1.29 is 14.6 Å². The van der Waals surface area contributed by atoms with E-state index in [9.17, 15) is 4.79 Å². The van der Waals surface area contributed by atoms with Gasteiger partial charge in [0.1, 0.15) is 18.2 Å². The van der Waals surface area contributed by atoms with Crippen molar-refractivity contribution in [1.82, 2.24) is 14.8 Å². The van der Waals surface area contributed by atoms with Crippen LogP contribution in [0, 0.1) is 0 Å². The van der Waals surface area contributed by atoms with E-state index in [1.807, 2.05) is 0 Å². The molecule has 7 heteroatoms. The van der Waals surface area contributed by atoms with Crippen LogP contribution in [0.15, 0.2) is 22.7 Å². The number of rotatable bonds is 4. The second kappa shape index (κ2) is 5.85. The molecule has 0 unspecified atom stereocenters. The average molecular weight is 352 g/mol. The average Bonchev–Trinajstić information content (AvgIpc) is 2.89. The van der Waals surface area contributed by atoms with Crippen molar-refractivity contribution in [2.75, 3.05) is 0 Å². The van der Waals surface area contributed by atoms with Crippen LogP contribution in [-0.4, -0.2) is 25.8 Å². The van der Waals surface area contributed by atoms with E-state index in [-0.39, 0.29) is 12.2 Å². The lowest BCUT2D eigenvalue weighted by Gasteiger charge is -2.15. The number of aromatic nitrogens is 3. The summed E-state index contributed by atoms with van der Waals surface area (Å²) in [6.45, 7) is 1.19. The molecule has 0 radical (unpaired) electrons. The molecule has 1 aromatic heterocycles. The number of hydrogen-bond donors (Lipinski definition) is 1. The number of carbonyl (C=O) groups is 1. The zero-order valence-corrected chi connectivity index (χ0v) is 12.8. The first kappa shape index (κ1) is 14.1. The molecule has 0 bridgehead atoms. The van der Waals surface area contributed by atoms with Gasteiger partial charge in [-0.2, -0.15) is 0 Å². The lowest BCUT2D eigenvalue weighted by Crippen LogP contribution is -2.14. The minimum absolute atomic E-state index is 0.191. The Hall–Kier alpha value is -1.89. The number of hydrogen-bond acceptors (Lipinski definition) is 4. The lowest BCUT2D eigenvalue weighted by molar-refractivity contribution is 0.0696. The number of benzene rings is 1. The Kier molecular flexibility index (Phi) is 3.92. The molecule has 2 heterocycles. The molecule has 0 aliphatic carbocycles. The van der Waals surface area contributed by atoms with Gasteiger partial charge in [0.25, 0.3) is 0 Å². The van der Waals surface area contributed by atoms with Gasteiger partial charge in [-0.05, 0) is 47.0 Å². The molecule has 6 nitrogen and oxygen atoms in total. The third-order valence-electron chi connectivity index (χ3n) is 3.47. The minimum atomic E-state index is -0.979. The molecule has 0 saturated carbocycles. The first-order valence-corrected chi connectivity index (χ1v) is 7.51. The molecule has 0 spiro atoms. The van der Waals surface area contributed by atoms with Crippen LogP contribution in [0.25, 0.3) is 0 Å². The molecule has 0 fully saturated rings. The molecular weight excluding hydrogens is 338 g/mol. The van der Waals surface area contributed by atoms with Crippen molar-refractivity contribution in [2.24, 2.45) is 0 Å². The van der Waals surface area contributed by atoms with Gasteiger partial charge in [-0.3, -0.25) is 0 Å². The fourth-order valence-electron chi connectivity index (χ4n) is 2.36. The lowest BCUT2D eigenvalue weighted by atomic mass is 10.2. The molecule has 1 aliphatic rings. The van der Waals surface area contributed by atoms with Crippen molar-refractivity contribution in [1.29, 1.82) is 0 Å². The number of halogens is 1. The summed E-state index contributed by atoms with van der Waals surface area (Å²) in [5.74, 6) is 1.28. The highest BCUT2D eigenvalue weighted by molar-refractivity contribution is 9.10. The van der Waals surface area contributed by atoms with Gasteiger partial charge in [-0.15, -0.1) is 10.2 Å². The highest BCUT2D eigenvalue weighted by Crippen LogP contribution is 2.27. The summed E-state index contributed by atoms with van der Waals surface area (Å²) < 4.78 is 8.50. The summed E-state index contributed by atoms with van der Waals surface area (Å²) in [6.07, 6.45) is 3.21. The molecule has 1 aromatic carbocycles. The quantitative estimate of drug-likeness (QED) is 0.915. The Morgan fingerprint density at radius 2 is 2.24 bits per heavy atom. The second-order valence-corrected chi connectivity index (χ2v) is 5.73. The maximum absolute atomic E-state index is 11.0. The van der Waals surface area contributed by atoms with E-state index >= 15 is 0 Å². The Bertz CT molecular complexity index is 684. The van der Waals surface area contributed by atoms with E-state index in [4.69, 9.17) is 9.84 Å². The summed E-state index contributed by atoms with van der Waals surface area (Å²) in [7, 11) is 0. The highest BCUT2D eigenvalue weighted by Gasteiger charge is 2.16. The van der Waals surface area contributed by atoms with Crippen molar-refractivity contribution in [3.63, 3.8) is 0 Å². The number of aromatic carboxylic acids is 1. The fourth-order valence-corrected chi connectivity index (χ4v) is 2.73. The normalized spacial score (nSPS) is 13.8. The number of nitrogens with zero attached hydrogens (tertiary/aromatic N) is 3. The van der Waals surface area contributed by atoms with Gasteiger partial charge in [-0.25, -0.2) is 4.79 Å². The zero-order chi connectivity index (χ0) is 14.8. The molecule has 0 atom stereocenters. The van der Waals surface area contributed by atoms with Crippen molar-refractivity contribution >= 4 is 21.9 Å². The molecule has 0 amide bonds. The summed E-state index contributed by atoms with van der Waals surface area (Å²) >= 11 is 3.36. The Morgan fingerprint density at radius 1 is 1.38 bits per heavy atom. The van der Waals surface area contributed by atoms with Crippen LogP contribution >= 0.6 is 15.9 Å². The topological polar surface area (TPSA) is 77.2 Å². The van der Waals surface area contributed by atoms with E-state index < -0.39 is 5.97 Å². The Labute approximate surface area is 129 Å². The first-order valence-electron chi connectivity index (χ1n) is 6.72. The molecule has 21 heavy (non-hydrogen) atoms. The predicted octanol–water partition coefficient (Wildman–Crippen LogP) is 2.65. The molecule has 3 rings (SSSR count). The van der Waals surface area contributed by atoms with Crippen LogP contribution < -0.4 is 4.74 Å². The molecule has 1 aliphatic heterocycles. The van der Waals surface area contributed by atoms with Crippen molar-refractivity contribution in [2.45, 2.75) is 32.4 Å². The standard InChI is InChI=1S/C14H14BrN3O3/c15-10-5-4-9(14(19)20)7-11(10)21-8-13-17-16-12-3-1-2-6-18(12)13/h4-5,7H,1-3,6,8H2,(H,19,20). The molecular formula is C14H14BrN3O3. The monoisotopic (exact) mass is 351 g/mol. The molecule has 1 N–H and O–H groups in total. The molecule has 2 aromatic rings. The van der Waals surface area contributed by atoms with Crippen LogP contribution in [0.2, 0.25) is 0 Å². The van der Waals surface area contributed by atoms with Crippen molar-refractivity contribution in [3.05, 3.63) is 39.9 Å². The third kappa shape index (κ3) is 2.92. The number of carboxylic acid groups (broad SMARTS) is 1. The number of carboxylic acids is 1. The first-order chi connectivity index (χ1) is 10.1.